The highest BCUT2D eigenvalue weighted by Gasteiger charge is 2.34. The van der Waals surface area contributed by atoms with Gasteiger partial charge >= 0.3 is 0 Å². The summed E-state index contributed by atoms with van der Waals surface area (Å²) in [6.07, 6.45) is 1.87. The van der Waals surface area contributed by atoms with Crippen LogP contribution in [0.2, 0.25) is 0 Å². The van der Waals surface area contributed by atoms with Gasteiger partial charge in [0.1, 0.15) is 23.4 Å². The lowest BCUT2D eigenvalue weighted by Crippen LogP contribution is -2.49. The number of aliphatic imine (C=N–C) groups is 1. The standard InChI is InChI=1S/C25H35N3O4/c1-19(32-23-7-5-6-22(16-23)30-4)17-27-24(26-2)28-18-25(12-14-31-15-13-25)20-8-10-21(29-3)11-9-20/h5-11,16,19H,12-15,17-18H2,1-4H3,(H2,26,27,28). The summed E-state index contributed by atoms with van der Waals surface area (Å²) in [5.41, 5.74) is 1.28. The highest BCUT2D eigenvalue weighted by atomic mass is 16.5. The van der Waals surface area contributed by atoms with Crippen LogP contribution in [0.5, 0.6) is 17.2 Å². The van der Waals surface area contributed by atoms with E-state index in [0.717, 1.165) is 55.8 Å². The van der Waals surface area contributed by atoms with Crippen LogP contribution in [0.1, 0.15) is 25.3 Å². The maximum Gasteiger partial charge on any atom is 0.191 e. The molecule has 0 amide bonds. The summed E-state index contributed by atoms with van der Waals surface area (Å²) in [5, 5.41) is 6.90. The van der Waals surface area contributed by atoms with Gasteiger partial charge in [-0.3, -0.25) is 4.99 Å². The third-order valence-corrected chi connectivity index (χ3v) is 5.91. The molecule has 1 atom stereocenters. The summed E-state index contributed by atoms with van der Waals surface area (Å²) < 4.78 is 22.2. The molecule has 2 aromatic rings. The molecule has 1 heterocycles. The van der Waals surface area contributed by atoms with Crippen LogP contribution in [-0.4, -0.2) is 59.6 Å². The molecular weight excluding hydrogens is 406 g/mol. The fourth-order valence-corrected chi connectivity index (χ4v) is 3.94. The summed E-state index contributed by atoms with van der Waals surface area (Å²) in [7, 11) is 5.12. The monoisotopic (exact) mass is 441 g/mol. The first-order chi connectivity index (χ1) is 15.6. The molecule has 32 heavy (non-hydrogen) atoms. The molecule has 0 bridgehead atoms. The molecule has 1 fully saturated rings. The fraction of sp³-hybridized carbons (Fsp3) is 0.480. The summed E-state index contributed by atoms with van der Waals surface area (Å²) in [6, 6.07) is 16.0. The maximum atomic E-state index is 6.00. The minimum absolute atomic E-state index is 0.00908. The molecule has 1 saturated heterocycles. The van der Waals surface area contributed by atoms with Gasteiger partial charge < -0.3 is 29.6 Å². The molecule has 3 rings (SSSR count). The predicted molar refractivity (Wildman–Crippen MR) is 127 cm³/mol. The Hall–Kier alpha value is -2.93. The van der Waals surface area contributed by atoms with Crippen molar-refractivity contribution in [2.24, 2.45) is 4.99 Å². The fourth-order valence-electron chi connectivity index (χ4n) is 3.94. The average Bonchev–Trinajstić information content (AvgIpc) is 2.85. The molecule has 0 aromatic heterocycles. The lowest BCUT2D eigenvalue weighted by molar-refractivity contribution is 0.0513. The average molecular weight is 442 g/mol. The zero-order valence-electron chi connectivity index (χ0n) is 19.5. The van der Waals surface area contributed by atoms with Gasteiger partial charge in [-0.1, -0.05) is 18.2 Å². The van der Waals surface area contributed by atoms with E-state index in [9.17, 15) is 0 Å². The van der Waals surface area contributed by atoms with E-state index < -0.39 is 0 Å². The normalized spacial score (nSPS) is 16.7. The molecule has 2 N–H and O–H groups in total. The van der Waals surface area contributed by atoms with Crippen molar-refractivity contribution in [3.8, 4) is 17.2 Å². The van der Waals surface area contributed by atoms with Crippen LogP contribution in [-0.2, 0) is 10.2 Å². The van der Waals surface area contributed by atoms with Crippen molar-refractivity contribution in [1.82, 2.24) is 10.6 Å². The maximum absolute atomic E-state index is 6.00. The highest BCUT2D eigenvalue weighted by Crippen LogP contribution is 2.35. The van der Waals surface area contributed by atoms with Crippen LogP contribution in [0, 0.1) is 0 Å². The van der Waals surface area contributed by atoms with Crippen molar-refractivity contribution in [1.29, 1.82) is 0 Å². The minimum atomic E-state index is -0.0423. The largest absolute Gasteiger partial charge is 0.497 e. The molecule has 0 spiro atoms. The number of benzene rings is 2. The Kier molecular flexibility index (Phi) is 8.62. The Balaban J connectivity index is 1.57. The van der Waals surface area contributed by atoms with Crippen LogP contribution in [0.25, 0.3) is 0 Å². The zero-order chi connectivity index (χ0) is 22.8. The van der Waals surface area contributed by atoms with E-state index in [1.165, 1.54) is 5.56 Å². The number of nitrogens with zero attached hydrogens (tertiary/aromatic N) is 1. The van der Waals surface area contributed by atoms with E-state index in [-0.39, 0.29) is 11.5 Å². The van der Waals surface area contributed by atoms with Gasteiger partial charge in [0.25, 0.3) is 0 Å². The van der Waals surface area contributed by atoms with Gasteiger partial charge in [-0.25, -0.2) is 0 Å². The molecule has 0 aliphatic carbocycles. The Morgan fingerprint density at radius 1 is 1.00 bits per heavy atom. The smallest absolute Gasteiger partial charge is 0.191 e. The van der Waals surface area contributed by atoms with Gasteiger partial charge in [0.15, 0.2) is 5.96 Å². The molecule has 1 aliphatic rings. The second-order valence-electron chi connectivity index (χ2n) is 8.04. The van der Waals surface area contributed by atoms with E-state index in [1.807, 2.05) is 43.3 Å². The lowest BCUT2D eigenvalue weighted by Gasteiger charge is -2.38. The number of methoxy groups -OCH3 is 2. The molecule has 0 saturated carbocycles. The third-order valence-electron chi connectivity index (χ3n) is 5.91. The minimum Gasteiger partial charge on any atom is -0.497 e. The Labute approximate surface area is 191 Å². The van der Waals surface area contributed by atoms with Crippen molar-refractivity contribution in [2.45, 2.75) is 31.3 Å². The van der Waals surface area contributed by atoms with Crippen LogP contribution < -0.4 is 24.8 Å². The summed E-state index contributed by atoms with van der Waals surface area (Å²) in [5.74, 6) is 3.18. The van der Waals surface area contributed by atoms with Crippen LogP contribution in [0.3, 0.4) is 0 Å². The lowest BCUT2D eigenvalue weighted by atomic mass is 9.74. The van der Waals surface area contributed by atoms with Crippen molar-refractivity contribution >= 4 is 5.96 Å². The summed E-state index contributed by atoms with van der Waals surface area (Å²) in [6.45, 7) is 4.93. The first-order valence-corrected chi connectivity index (χ1v) is 11.1. The number of guanidine groups is 1. The van der Waals surface area contributed by atoms with Crippen molar-refractivity contribution < 1.29 is 18.9 Å². The molecule has 7 heteroatoms. The molecule has 1 unspecified atom stereocenters. The quantitative estimate of drug-likeness (QED) is 0.459. The van der Waals surface area contributed by atoms with Crippen molar-refractivity contribution in [2.75, 3.05) is 47.6 Å². The second-order valence-corrected chi connectivity index (χ2v) is 8.04. The Bertz CT molecular complexity index is 864. The van der Waals surface area contributed by atoms with Crippen LogP contribution >= 0.6 is 0 Å². The summed E-state index contributed by atoms with van der Waals surface area (Å²) >= 11 is 0. The molecule has 174 valence electrons. The summed E-state index contributed by atoms with van der Waals surface area (Å²) in [4.78, 5) is 4.40. The second kappa shape index (κ2) is 11.6. The first kappa shape index (κ1) is 23.7. The van der Waals surface area contributed by atoms with Gasteiger partial charge in [0, 0.05) is 38.3 Å². The van der Waals surface area contributed by atoms with E-state index in [1.54, 1.807) is 21.3 Å². The van der Waals surface area contributed by atoms with Gasteiger partial charge in [-0.05, 0) is 49.6 Å². The van der Waals surface area contributed by atoms with Crippen LogP contribution in [0.15, 0.2) is 53.5 Å². The highest BCUT2D eigenvalue weighted by molar-refractivity contribution is 5.79. The molecule has 1 aliphatic heterocycles. The van der Waals surface area contributed by atoms with Gasteiger partial charge in [0.05, 0.1) is 20.8 Å². The van der Waals surface area contributed by atoms with Gasteiger partial charge in [-0.2, -0.15) is 0 Å². The van der Waals surface area contributed by atoms with Crippen molar-refractivity contribution in [3.63, 3.8) is 0 Å². The number of nitrogens with one attached hydrogen (secondary N) is 2. The van der Waals surface area contributed by atoms with E-state index in [2.05, 4.69) is 27.8 Å². The van der Waals surface area contributed by atoms with E-state index in [0.29, 0.717) is 6.54 Å². The molecule has 7 nitrogen and oxygen atoms in total. The number of hydrogen-bond acceptors (Lipinski definition) is 5. The van der Waals surface area contributed by atoms with Gasteiger partial charge in [0.2, 0.25) is 0 Å². The van der Waals surface area contributed by atoms with Crippen LogP contribution in [0.4, 0.5) is 0 Å². The SMILES string of the molecule is CN=C(NCC(C)Oc1cccc(OC)c1)NCC1(c2ccc(OC)cc2)CCOCC1. The topological polar surface area (TPSA) is 73.3 Å². The molecular formula is C25H35N3O4. The van der Waals surface area contributed by atoms with E-state index >= 15 is 0 Å². The Morgan fingerprint density at radius 3 is 2.34 bits per heavy atom. The van der Waals surface area contributed by atoms with Gasteiger partial charge in [-0.15, -0.1) is 0 Å². The van der Waals surface area contributed by atoms with Crippen molar-refractivity contribution in [3.05, 3.63) is 54.1 Å². The third kappa shape index (κ3) is 6.29. The number of hydrogen-bond donors (Lipinski definition) is 2. The Morgan fingerprint density at radius 2 is 1.69 bits per heavy atom. The van der Waals surface area contributed by atoms with E-state index in [4.69, 9.17) is 18.9 Å². The molecule has 0 radical (unpaired) electrons. The number of rotatable bonds is 9. The number of ether oxygens (including phenoxy) is 4. The molecule has 2 aromatic carbocycles. The zero-order valence-corrected chi connectivity index (χ0v) is 19.5. The first-order valence-electron chi connectivity index (χ1n) is 11.1. The predicted octanol–water partition coefficient (Wildman–Crippen LogP) is 3.38.